The summed E-state index contributed by atoms with van der Waals surface area (Å²) in [5, 5.41) is 2.61. The highest BCUT2D eigenvalue weighted by Crippen LogP contribution is 2.06. The molecule has 0 fully saturated rings. The molecule has 0 saturated heterocycles. The molecule has 0 radical (unpaired) electrons. The first-order chi connectivity index (χ1) is 7.24. The lowest BCUT2D eigenvalue weighted by atomic mass is 10.1. The highest BCUT2D eigenvalue weighted by molar-refractivity contribution is 5.66. The fourth-order valence-electron chi connectivity index (χ4n) is 1.19. The third kappa shape index (κ3) is 7.83. The smallest absolute Gasteiger partial charge is 0.406 e. The van der Waals surface area contributed by atoms with Crippen LogP contribution in [0.15, 0.2) is 0 Å². The fraction of sp³-hybridized carbons (Fsp3) is 0.727. The van der Waals surface area contributed by atoms with E-state index in [1.165, 1.54) is 7.11 Å². The molecule has 0 saturated carbocycles. The van der Waals surface area contributed by atoms with Crippen LogP contribution in [0.3, 0.4) is 0 Å². The number of alkyl carbamates (subject to hydrolysis) is 1. The van der Waals surface area contributed by atoms with Crippen molar-refractivity contribution in [2.45, 2.75) is 31.8 Å². The van der Waals surface area contributed by atoms with Crippen LogP contribution in [0.4, 0.5) is 4.79 Å². The van der Waals surface area contributed by atoms with Gasteiger partial charge >= 0.3 is 6.09 Å². The molecule has 0 aromatic carbocycles. The third-order valence-corrected chi connectivity index (χ3v) is 2.09. The summed E-state index contributed by atoms with van der Waals surface area (Å²) in [7, 11) is 3.01. The van der Waals surface area contributed by atoms with E-state index < -0.39 is 0 Å². The zero-order chi connectivity index (χ0) is 11.5. The summed E-state index contributed by atoms with van der Waals surface area (Å²) in [5.74, 6) is 2.57. The van der Waals surface area contributed by atoms with E-state index in [4.69, 9.17) is 11.2 Å². The van der Waals surface area contributed by atoms with E-state index in [1.54, 1.807) is 7.11 Å². The SMILES string of the molecule is C#CCC(CCCCNC(=O)OC)OC. The first-order valence-electron chi connectivity index (χ1n) is 5.02. The Bertz CT molecular complexity index is 210. The van der Waals surface area contributed by atoms with E-state index in [1.807, 2.05) is 0 Å². The number of hydrogen-bond donors (Lipinski definition) is 1. The van der Waals surface area contributed by atoms with Crippen molar-refractivity contribution in [2.24, 2.45) is 0 Å². The van der Waals surface area contributed by atoms with Gasteiger partial charge in [-0.15, -0.1) is 12.3 Å². The van der Waals surface area contributed by atoms with Gasteiger partial charge in [-0.05, 0) is 19.3 Å². The lowest BCUT2D eigenvalue weighted by Gasteiger charge is -2.11. The predicted octanol–water partition coefficient (Wildman–Crippen LogP) is 1.55. The van der Waals surface area contributed by atoms with E-state index in [0.717, 1.165) is 19.3 Å². The molecule has 0 aromatic heterocycles. The largest absolute Gasteiger partial charge is 0.453 e. The Balaban J connectivity index is 3.37. The summed E-state index contributed by atoms with van der Waals surface area (Å²) in [6.45, 7) is 0.624. The van der Waals surface area contributed by atoms with Crippen LogP contribution in [-0.2, 0) is 9.47 Å². The Morgan fingerprint density at radius 2 is 2.20 bits per heavy atom. The van der Waals surface area contributed by atoms with E-state index in [0.29, 0.717) is 13.0 Å². The number of nitrogens with one attached hydrogen (secondary N) is 1. The molecule has 1 unspecified atom stereocenters. The van der Waals surface area contributed by atoms with Crippen molar-refractivity contribution in [3.63, 3.8) is 0 Å². The number of terminal acetylenes is 1. The molecule has 0 aliphatic heterocycles. The Morgan fingerprint density at radius 1 is 1.47 bits per heavy atom. The zero-order valence-corrected chi connectivity index (χ0v) is 9.41. The van der Waals surface area contributed by atoms with E-state index in [-0.39, 0.29) is 12.2 Å². The Morgan fingerprint density at radius 3 is 2.73 bits per heavy atom. The van der Waals surface area contributed by atoms with Crippen molar-refractivity contribution in [3.8, 4) is 12.3 Å². The molecule has 1 amide bonds. The van der Waals surface area contributed by atoms with Gasteiger partial charge in [-0.3, -0.25) is 0 Å². The summed E-state index contributed by atoms with van der Waals surface area (Å²) in [4.78, 5) is 10.7. The number of ether oxygens (including phenoxy) is 2. The minimum absolute atomic E-state index is 0.133. The third-order valence-electron chi connectivity index (χ3n) is 2.09. The fourth-order valence-corrected chi connectivity index (χ4v) is 1.19. The number of rotatable bonds is 7. The predicted molar refractivity (Wildman–Crippen MR) is 58.5 cm³/mol. The van der Waals surface area contributed by atoms with Gasteiger partial charge in [0.05, 0.1) is 13.2 Å². The molecule has 1 N–H and O–H groups in total. The quantitative estimate of drug-likeness (QED) is 0.515. The van der Waals surface area contributed by atoms with Crippen LogP contribution in [0.5, 0.6) is 0 Å². The van der Waals surface area contributed by atoms with E-state index >= 15 is 0 Å². The molecule has 86 valence electrons. The summed E-state index contributed by atoms with van der Waals surface area (Å²) in [6, 6.07) is 0. The van der Waals surface area contributed by atoms with Gasteiger partial charge in [-0.1, -0.05) is 0 Å². The molecular formula is C11H19NO3. The topological polar surface area (TPSA) is 47.6 Å². The molecule has 4 nitrogen and oxygen atoms in total. The van der Waals surface area contributed by atoms with Crippen LogP contribution >= 0.6 is 0 Å². The van der Waals surface area contributed by atoms with Crippen molar-refractivity contribution in [1.82, 2.24) is 5.32 Å². The van der Waals surface area contributed by atoms with Gasteiger partial charge in [0.1, 0.15) is 0 Å². The second kappa shape index (κ2) is 9.35. The molecule has 1 atom stereocenters. The van der Waals surface area contributed by atoms with Gasteiger partial charge in [-0.2, -0.15) is 0 Å². The number of hydrogen-bond acceptors (Lipinski definition) is 3. The van der Waals surface area contributed by atoms with E-state index in [2.05, 4.69) is 16.0 Å². The van der Waals surface area contributed by atoms with Crippen molar-refractivity contribution in [2.75, 3.05) is 20.8 Å². The number of carbonyl (C=O) groups excluding carboxylic acids is 1. The first-order valence-corrected chi connectivity index (χ1v) is 5.02. The maximum Gasteiger partial charge on any atom is 0.406 e. The minimum atomic E-state index is -0.387. The van der Waals surface area contributed by atoms with Gasteiger partial charge in [0.25, 0.3) is 0 Å². The number of carbonyl (C=O) groups is 1. The van der Waals surface area contributed by atoms with Gasteiger partial charge in [-0.25, -0.2) is 4.79 Å². The number of methoxy groups -OCH3 is 2. The minimum Gasteiger partial charge on any atom is -0.453 e. The molecule has 0 heterocycles. The van der Waals surface area contributed by atoms with Crippen molar-refractivity contribution in [1.29, 1.82) is 0 Å². The second-order valence-corrected chi connectivity index (χ2v) is 3.18. The highest BCUT2D eigenvalue weighted by Gasteiger charge is 2.04. The zero-order valence-electron chi connectivity index (χ0n) is 9.41. The lowest BCUT2D eigenvalue weighted by Crippen LogP contribution is -2.24. The standard InChI is InChI=1S/C11H19NO3/c1-4-7-10(14-2)8-5-6-9-12-11(13)15-3/h1,10H,5-9H2,2-3H3,(H,12,13). The van der Waals surface area contributed by atoms with Crippen LogP contribution in [0, 0.1) is 12.3 Å². The summed E-state index contributed by atoms with van der Waals surface area (Å²) in [6.07, 6.45) is 8.37. The Labute approximate surface area is 91.3 Å². The second-order valence-electron chi connectivity index (χ2n) is 3.18. The van der Waals surface area contributed by atoms with Crippen LogP contribution in [0.25, 0.3) is 0 Å². The summed E-state index contributed by atoms with van der Waals surface area (Å²) in [5.41, 5.74) is 0. The lowest BCUT2D eigenvalue weighted by molar-refractivity contribution is 0.0971. The maximum absolute atomic E-state index is 10.7. The maximum atomic E-state index is 10.7. The van der Waals surface area contributed by atoms with Crippen LogP contribution in [0.1, 0.15) is 25.7 Å². The summed E-state index contributed by atoms with van der Waals surface area (Å²) >= 11 is 0. The van der Waals surface area contributed by atoms with E-state index in [9.17, 15) is 4.79 Å². The first kappa shape index (κ1) is 13.8. The number of amides is 1. The summed E-state index contributed by atoms with van der Waals surface area (Å²) < 4.78 is 9.62. The average molecular weight is 213 g/mol. The van der Waals surface area contributed by atoms with Crippen LogP contribution in [-0.4, -0.2) is 33.0 Å². The van der Waals surface area contributed by atoms with Crippen molar-refractivity contribution in [3.05, 3.63) is 0 Å². The monoisotopic (exact) mass is 213 g/mol. The molecule has 0 spiro atoms. The van der Waals surface area contributed by atoms with Crippen LogP contribution in [0.2, 0.25) is 0 Å². The van der Waals surface area contributed by atoms with Gasteiger partial charge in [0, 0.05) is 20.1 Å². The molecule has 0 aromatic rings. The average Bonchev–Trinajstić information content (AvgIpc) is 2.26. The molecular weight excluding hydrogens is 194 g/mol. The Hall–Kier alpha value is -1.21. The normalized spacial score (nSPS) is 11.5. The number of unbranched alkanes of at least 4 members (excludes halogenated alkanes) is 1. The molecule has 4 heteroatoms. The van der Waals surface area contributed by atoms with Gasteiger partial charge < -0.3 is 14.8 Å². The van der Waals surface area contributed by atoms with Gasteiger partial charge in [0.2, 0.25) is 0 Å². The molecule has 0 rings (SSSR count). The van der Waals surface area contributed by atoms with Crippen molar-refractivity contribution < 1.29 is 14.3 Å². The molecule has 0 aliphatic rings. The van der Waals surface area contributed by atoms with Crippen molar-refractivity contribution >= 4 is 6.09 Å². The van der Waals surface area contributed by atoms with Gasteiger partial charge in [0.15, 0.2) is 0 Å². The highest BCUT2D eigenvalue weighted by atomic mass is 16.5. The molecule has 0 aliphatic carbocycles. The van der Waals surface area contributed by atoms with Crippen LogP contribution < -0.4 is 5.32 Å². The molecule has 15 heavy (non-hydrogen) atoms. The Kier molecular flexibility index (Phi) is 8.59. The molecule has 0 bridgehead atoms.